The van der Waals surface area contributed by atoms with E-state index >= 15 is 0 Å². The Hall–Kier alpha value is -3.43. The van der Waals surface area contributed by atoms with Crippen LogP contribution in [0.2, 0.25) is 0 Å². The molecule has 0 bridgehead atoms. The number of anilines is 2. The molecule has 4 aromatic rings. The van der Waals surface area contributed by atoms with Crippen LogP contribution in [0.1, 0.15) is 23.0 Å². The number of hydrogen-bond acceptors (Lipinski definition) is 7. The van der Waals surface area contributed by atoms with Crippen LogP contribution in [0, 0.1) is 0 Å². The number of pyridine rings is 1. The Morgan fingerprint density at radius 1 is 1.28 bits per heavy atom. The van der Waals surface area contributed by atoms with Crippen molar-refractivity contribution in [2.45, 2.75) is 19.4 Å². The quantitative estimate of drug-likeness (QED) is 0.367. The Bertz CT molecular complexity index is 1280. The van der Waals surface area contributed by atoms with Crippen LogP contribution in [-0.2, 0) is 11.2 Å². The molecule has 3 aromatic heterocycles. The first-order chi connectivity index (χ1) is 15.7. The van der Waals surface area contributed by atoms with Gasteiger partial charge in [0.1, 0.15) is 17.9 Å². The van der Waals surface area contributed by atoms with E-state index in [4.69, 9.17) is 9.47 Å². The largest absolute Gasteiger partial charge is 0.489 e. The number of para-hydroxylation sites is 1. The number of benzene rings is 1. The topological polar surface area (TPSA) is 101 Å². The van der Waals surface area contributed by atoms with E-state index in [2.05, 4.69) is 25.6 Å². The number of nitrogens with zero attached hydrogens (tertiary/aromatic N) is 2. The third kappa shape index (κ3) is 3.69. The Morgan fingerprint density at radius 2 is 2.19 bits per heavy atom. The maximum Gasteiger partial charge on any atom is 0.255 e. The Balaban J connectivity index is 1.65. The molecule has 164 valence electrons. The van der Waals surface area contributed by atoms with E-state index in [-0.39, 0.29) is 11.9 Å². The van der Waals surface area contributed by atoms with E-state index in [0.717, 1.165) is 32.9 Å². The number of thiazole rings is 1. The monoisotopic (exact) mass is 449 g/mol. The first-order valence-electron chi connectivity index (χ1n) is 10.4. The maximum atomic E-state index is 13.0. The van der Waals surface area contributed by atoms with Gasteiger partial charge in [-0.05, 0) is 25.1 Å². The third-order valence-corrected chi connectivity index (χ3v) is 6.21. The normalized spacial score (nSPS) is 15.4. The summed E-state index contributed by atoms with van der Waals surface area (Å²) >= 11 is 1.58. The first kappa shape index (κ1) is 20.5. The zero-order valence-corrected chi connectivity index (χ0v) is 18.6. The van der Waals surface area contributed by atoms with Gasteiger partial charge in [0.25, 0.3) is 5.91 Å². The van der Waals surface area contributed by atoms with Gasteiger partial charge in [0.2, 0.25) is 0 Å². The van der Waals surface area contributed by atoms with Crippen LogP contribution >= 0.6 is 11.3 Å². The summed E-state index contributed by atoms with van der Waals surface area (Å²) in [6, 6.07) is 7.92. The molecule has 0 radical (unpaired) electrons. The van der Waals surface area contributed by atoms with Crippen LogP contribution in [0.5, 0.6) is 5.75 Å². The molecule has 8 nitrogen and oxygen atoms in total. The number of carbonyl (C=O) groups is 1. The average molecular weight is 450 g/mol. The summed E-state index contributed by atoms with van der Waals surface area (Å²) in [5, 5.41) is 6.54. The smallest absolute Gasteiger partial charge is 0.255 e. The molecular weight excluding hydrogens is 426 g/mol. The number of methoxy groups -OCH3 is 1. The second-order valence-corrected chi connectivity index (χ2v) is 8.54. The highest BCUT2D eigenvalue weighted by atomic mass is 32.1. The summed E-state index contributed by atoms with van der Waals surface area (Å²) in [5.74, 6) is 0.511. The van der Waals surface area contributed by atoms with Gasteiger partial charge < -0.3 is 25.1 Å². The fourth-order valence-electron chi connectivity index (χ4n) is 3.99. The molecule has 5 rings (SSSR count). The van der Waals surface area contributed by atoms with Gasteiger partial charge in [0, 0.05) is 37.0 Å². The lowest BCUT2D eigenvalue weighted by Gasteiger charge is -2.20. The second kappa shape index (κ2) is 8.60. The molecule has 9 heteroatoms. The van der Waals surface area contributed by atoms with Crippen molar-refractivity contribution in [1.29, 1.82) is 0 Å². The molecule has 32 heavy (non-hydrogen) atoms. The van der Waals surface area contributed by atoms with Crippen LogP contribution in [0.3, 0.4) is 0 Å². The number of fused-ring (bicyclic) bond motifs is 2. The summed E-state index contributed by atoms with van der Waals surface area (Å²) in [6.45, 7) is 2.86. The van der Waals surface area contributed by atoms with E-state index in [1.54, 1.807) is 30.8 Å². The van der Waals surface area contributed by atoms with E-state index in [0.29, 0.717) is 36.6 Å². The molecule has 1 aliphatic heterocycles. The van der Waals surface area contributed by atoms with Crippen LogP contribution in [0.4, 0.5) is 11.4 Å². The van der Waals surface area contributed by atoms with Gasteiger partial charge in [-0.3, -0.25) is 9.78 Å². The minimum absolute atomic E-state index is 0.0474. The molecule has 1 aliphatic rings. The number of ether oxygens (including phenoxy) is 2. The highest BCUT2D eigenvalue weighted by molar-refractivity contribution is 7.16. The number of aromatic amines is 1. The first-order valence-corrected chi connectivity index (χ1v) is 11.2. The molecule has 1 atom stereocenters. The number of aromatic nitrogens is 3. The molecule has 0 unspecified atom stereocenters. The van der Waals surface area contributed by atoms with Gasteiger partial charge in [0.05, 0.1) is 45.6 Å². The van der Waals surface area contributed by atoms with Gasteiger partial charge in [0.15, 0.2) is 0 Å². The molecule has 1 aromatic carbocycles. The van der Waals surface area contributed by atoms with E-state index in [1.807, 2.05) is 36.7 Å². The standard InChI is InChI=1S/C23H23N5O3S/c1-13-10-16-19(23(29)26-13)22(27-15-4-3-5-18-21(15)25-12-32-18)20(28-16)14-6-7-24-11-17(14)31-9-8-30-2/h3-7,11-13,27-28H,8-10H2,1-2H3,(H,26,29)/t13-/m0/s1. The van der Waals surface area contributed by atoms with Gasteiger partial charge in [-0.2, -0.15) is 0 Å². The average Bonchev–Trinajstić information content (AvgIpc) is 3.40. The summed E-state index contributed by atoms with van der Waals surface area (Å²) in [4.78, 5) is 25.2. The van der Waals surface area contributed by atoms with Crippen molar-refractivity contribution >= 4 is 38.8 Å². The number of H-pyrrole nitrogens is 1. The summed E-state index contributed by atoms with van der Waals surface area (Å²) in [6.07, 6.45) is 4.10. The lowest BCUT2D eigenvalue weighted by atomic mass is 10.0. The van der Waals surface area contributed by atoms with E-state index in [1.165, 1.54) is 0 Å². The molecule has 0 aliphatic carbocycles. The Kier molecular flexibility index (Phi) is 5.50. The van der Waals surface area contributed by atoms with Crippen molar-refractivity contribution in [3.05, 3.63) is 53.4 Å². The fraction of sp³-hybridized carbons (Fsp3) is 0.261. The summed E-state index contributed by atoms with van der Waals surface area (Å²) < 4.78 is 12.1. The SMILES string of the molecule is COCCOc1cnccc1-c1[nH]c2c(c1Nc1cccc3scnc13)C(=O)N[C@@H](C)C2. The van der Waals surface area contributed by atoms with Gasteiger partial charge >= 0.3 is 0 Å². The lowest BCUT2D eigenvalue weighted by Crippen LogP contribution is -2.39. The predicted octanol–water partition coefficient (Wildman–Crippen LogP) is 4.13. The zero-order chi connectivity index (χ0) is 22.1. The molecular formula is C23H23N5O3S. The maximum absolute atomic E-state index is 13.0. The number of rotatable bonds is 7. The van der Waals surface area contributed by atoms with Crippen molar-refractivity contribution in [3.8, 4) is 17.0 Å². The van der Waals surface area contributed by atoms with E-state index in [9.17, 15) is 4.79 Å². The van der Waals surface area contributed by atoms with E-state index < -0.39 is 0 Å². The predicted molar refractivity (Wildman–Crippen MR) is 125 cm³/mol. The third-order valence-electron chi connectivity index (χ3n) is 5.41. The summed E-state index contributed by atoms with van der Waals surface area (Å²) in [5.41, 5.74) is 7.34. The molecule has 0 spiro atoms. The van der Waals surface area contributed by atoms with Crippen molar-refractivity contribution in [2.75, 3.05) is 25.6 Å². The Morgan fingerprint density at radius 3 is 3.06 bits per heavy atom. The number of carbonyl (C=O) groups excluding carboxylic acids is 1. The molecule has 1 amide bonds. The minimum Gasteiger partial charge on any atom is -0.489 e. The highest BCUT2D eigenvalue weighted by Crippen LogP contribution is 2.41. The van der Waals surface area contributed by atoms with Gasteiger partial charge in [-0.15, -0.1) is 11.3 Å². The van der Waals surface area contributed by atoms with Crippen LogP contribution in [0.15, 0.2) is 42.2 Å². The molecule has 3 N–H and O–H groups in total. The Labute approximate surface area is 189 Å². The highest BCUT2D eigenvalue weighted by Gasteiger charge is 2.31. The van der Waals surface area contributed by atoms with Crippen molar-refractivity contribution < 1.29 is 14.3 Å². The fourth-order valence-corrected chi connectivity index (χ4v) is 4.70. The summed E-state index contributed by atoms with van der Waals surface area (Å²) in [7, 11) is 1.63. The van der Waals surface area contributed by atoms with Gasteiger partial charge in [-0.25, -0.2) is 4.98 Å². The number of hydrogen-bond donors (Lipinski definition) is 3. The number of amides is 1. The molecule has 0 saturated carbocycles. The molecule has 4 heterocycles. The number of nitrogens with one attached hydrogen (secondary N) is 3. The second-order valence-electron chi connectivity index (χ2n) is 7.65. The van der Waals surface area contributed by atoms with Crippen LogP contribution < -0.4 is 15.4 Å². The molecule has 0 fully saturated rings. The lowest BCUT2D eigenvalue weighted by molar-refractivity contribution is 0.0930. The molecule has 0 saturated heterocycles. The zero-order valence-electron chi connectivity index (χ0n) is 17.8. The van der Waals surface area contributed by atoms with Gasteiger partial charge in [-0.1, -0.05) is 6.07 Å². The van der Waals surface area contributed by atoms with Crippen molar-refractivity contribution in [3.63, 3.8) is 0 Å². The van der Waals surface area contributed by atoms with Crippen molar-refractivity contribution in [2.24, 2.45) is 0 Å². The minimum atomic E-state index is -0.106. The van der Waals surface area contributed by atoms with Crippen LogP contribution in [0.25, 0.3) is 21.5 Å². The van der Waals surface area contributed by atoms with Crippen molar-refractivity contribution in [1.82, 2.24) is 20.3 Å². The van der Waals surface area contributed by atoms with Crippen LogP contribution in [-0.4, -0.2) is 47.2 Å².